The minimum absolute atomic E-state index is 0.220. The largest absolute Gasteiger partial charge is 0.493 e. The first kappa shape index (κ1) is 16.1. The van der Waals surface area contributed by atoms with Crippen LogP contribution in [-0.4, -0.2) is 44.5 Å². The molecule has 1 N–H and O–H groups in total. The Balaban J connectivity index is 1.94. The summed E-state index contributed by atoms with van der Waals surface area (Å²) in [5.41, 5.74) is 0.0653. The normalized spacial score (nSPS) is 22.7. The van der Waals surface area contributed by atoms with E-state index in [4.69, 9.17) is 19.0 Å². The molecule has 1 saturated heterocycles. The van der Waals surface area contributed by atoms with Gasteiger partial charge < -0.3 is 19.0 Å². The van der Waals surface area contributed by atoms with E-state index in [2.05, 4.69) is 10.5 Å². The fourth-order valence-electron chi connectivity index (χ4n) is 2.94. The Morgan fingerprint density at radius 3 is 2.50 bits per heavy atom. The second kappa shape index (κ2) is 6.03. The van der Waals surface area contributed by atoms with Gasteiger partial charge in [0.25, 0.3) is 5.91 Å². The second-order valence-electron chi connectivity index (χ2n) is 5.56. The zero-order chi connectivity index (χ0) is 17.3. The first-order valence-electron chi connectivity index (χ1n) is 7.43. The number of ether oxygens (including phenoxy) is 3. The van der Waals surface area contributed by atoms with Gasteiger partial charge in [-0.3, -0.25) is 14.9 Å². The lowest BCUT2D eigenvalue weighted by atomic mass is 9.86. The zero-order valence-electron chi connectivity index (χ0n) is 13.7. The number of amides is 2. The van der Waals surface area contributed by atoms with Crippen LogP contribution >= 0.6 is 0 Å². The third-order valence-corrected chi connectivity index (χ3v) is 4.22. The minimum Gasteiger partial charge on any atom is -0.493 e. The van der Waals surface area contributed by atoms with Gasteiger partial charge in [0.05, 0.1) is 27.0 Å². The molecule has 0 saturated carbocycles. The average Bonchev–Trinajstić information content (AvgIpc) is 3.02. The topological polar surface area (TPSA) is 95.5 Å². The van der Waals surface area contributed by atoms with E-state index in [1.54, 1.807) is 12.1 Å². The van der Waals surface area contributed by atoms with Gasteiger partial charge in [0.2, 0.25) is 17.3 Å². The molecule has 0 radical (unpaired) electrons. The van der Waals surface area contributed by atoms with Gasteiger partial charge in [-0.05, 0) is 12.1 Å². The zero-order valence-corrected chi connectivity index (χ0v) is 13.7. The smallest absolute Gasteiger partial charge is 0.274 e. The lowest BCUT2D eigenvalue weighted by Crippen LogP contribution is -2.53. The van der Waals surface area contributed by atoms with Gasteiger partial charge in [-0.2, -0.15) is 0 Å². The van der Waals surface area contributed by atoms with Crippen LogP contribution in [0.5, 0.6) is 17.2 Å². The fourth-order valence-corrected chi connectivity index (χ4v) is 2.94. The number of benzene rings is 1. The third kappa shape index (κ3) is 2.44. The van der Waals surface area contributed by atoms with Crippen molar-refractivity contribution in [2.24, 2.45) is 5.16 Å². The summed E-state index contributed by atoms with van der Waals surface area (Å²) in [4.78, 5) is 29.0. The van der Waals surface area contributed by atoms with Gasteiger partial charge in [-0.1, -0.05) is 5.16 Å². The van der Waals surface area contributed by atoms with Crippen LogP contribution in [0.25, 0.3) is 0 Å². The molecule has 8 heteroatoms. The number of rotatable bonds is 4. The molecule has 0 aromatic heterocycles. The highest BCUT2D eigenvalue weighted by Gasteiger charge is 2.50. The Labute approximate surface area is 138 Å². The van der Waals surface area contributed by atoms with Crippen LogP contribution in [0.1, 0.15) is 24.8 Å². The Kier molecular flexibility index (Phi) is 4.04. The number of carbonyl (C=O) groups excluding carboxylic acids is 2. The molecule has 1 atom stereocenters. The van der Waals surface area contributed by atoms with Gasteiger partial charge in [-0.15, -0.1) is 0 Å². The molecule has 8 nitrogen and oxygen atoms in total. The van der Waals surface area contributed by atoms with Crippen LogP contribution in [0, 0.1) is 0 Å². The molecule has 3 rings (SSSR count). The van der Waals surface area contributed by atoms with E-state index in [1.807, 2.05) is 0 Å². The van der Waals surface area contributed by atoms with Gasteiger partial charge in [0.1, 0.15) is 0 Å². The van der Waals surface area contributed by atoms with Crippen molar-refractivity contribution in [2.75, 3.05) is 21.3 Å². The molecule has 1 fully saturated rings. The summed E-state index contributed by atoms with van der Waals surface area (Å²) >= 11 is 0. The standard InChI is InChI=1S/C16H18N2O6/c1-21-11-5-4-9(13(22-2)14(11)23-3)10-8-16(24-18-10)7-6-12(19)17-15(16)20/h4-5H,6-8H2,1-3H3,(H,17,19,20). The predicted octanol–water partition coefficient (Wildman–Crippen LogP) is 1.01. The van der Waals surface area contributed by atoms with Gasteiger partial charge in [-0.25, -0.2) is 0 Å². The summed E-state index contributed by atoms with van der Waals surface area (Å²) < 4.78 is 16.1. The SMILES string of the molecule is COc1ccc(C2=NOC3(CCC(=O)NC3=O)C2)c(OC)c1OC. The van der Waals surface area contributed by atoms with Crippen LogP contribution in [0.15, 0.2) is 17.3 Å². The maximum Gasteiger partial charge on any atom is 0.274 e. The van der Waals surface area contributed by atoms with Crippen molar-refractivity contribution in [3.63, 3.8) is 0 Å². The summed E-state index contributed by atoms with van der Waals surface area (Å²) in [5.74, 6) is 0.643. The highest BCUT2D eigenvalue weighted by atomic mass is 16.7. The second-order valence-corrected chi connectivity index (χ2v) is 5.56. The summed E-state index contributed by atoms with van der Waals surface area (Å²) in [6, 6.07) is 3.50. The first-order valence-corrected chi connectivity index (χ1v) is 7.43. The fraction of sp³-hybridized carbons (Fsp3) is 0.438. The summed E-state index contributed by atoms with van der Waals surface area (Å²) in [7, 11) is 4.56. The Bertz CT molecular complexity index is 730. The molecule has 24 heavy (non-hydrogen) atoms. The first-order chi connectivity index (χ1) is 11.5. The van der Waals surface area contributed by atoms with Crippen LogP contribution < -0.4 is 19.5 Å². The quantitative estimate of drug-likeness (QED) is 0.826. The molecule has 1 unspecified atom stereocenters. The molecule has 2 amide bonds. The lowest BCUT2D eigenvalue weighted by Gasteiger charge is -2.28. The van der Waals surface area contributed by atoms with Crippen LogP contribution in [0.4, 0.5) is 0 Å². The van der Waals surface area contributed by atoms with Gasteiger partial charge in [0.15, 0.2) is 11.5 Å². The molecule has 1 aromatic carbocycles. The summed E-state index contributed by atoms with van der Waals surface area (Å²) in [5, 5.41) is 6.37. The van der Waals surface area contributed by atoms with E-state index >= 15 is 0 Å². The average molecular weight is 334 g/mol. The molecule has 0 bridgehead atoms. The molecular weight excluding hydrogens is 316 g/mol. The number of carbonyl (C=O) groups is 2. The van der Waals surface area contributed by atoms with E-state index in [0.717, 1.165) is 0 Å². The number of nitrogens with one attached hydrogen (secondary N) is 1. The molecule has 128 valence electrons. The molecule has 2 aliphatic heterocycles. The molecular formula is C16H18N2O6. The monoisotopic (exact) mass is 334 g/mol. The maximum absolute atomic E-state index is 12.2. The number of imide groups is 1. The molecule has 1 aromatic rings. The number of hydrogen-bond donors (Lipinski definition) is 1. The van der Waals surface area contributed by atoms with Crippen LogP contribution in [0.2, 0.25) is 0 Å². The summed E-state index contributed by atoms with van der Waals surface area (Å²) in [6.45, 7) is 0. The van der Waals surface area contributed by atoms with Crippen molar-refractivity contribution in [3.8, 4) is 17.2 Å². The highest BCUT2D eigenvalue weighted by Crippen LogP contribution is 2.43. The van der Waals surface area contributed by atoms with Gasteiger partial charge in [0, 0.05) is 24.8 Å². The van der Waals surface area contributed by atoms with E-state index in [0.29, 0.717) is 34.9 Å². The number of piperidine rings is 1. The van der Waals surface area contributed by atoms with Crippen molar-refractivity contribution in [1.82, 2.24) is 5.32 Å². The van der Waals surface area contributed by atoms with Crippen molar-refractivity contribution in [3.05, 3.63) is 17.7 Å². The highest BCUT2D eigenvalue weighted by molar-refractivity contribution is 6.10. The van der Waals surface area contributed by atoms with E-state index in [1.165, 1.54) is 21.3 Å². The van der Waals surface area contributed by atoms with Gasteiger partial charge >= 0.3 is 0 Å². The van der Waals surface area contributed by atoms with Crippen molar-refractivity contribution >= 4 is 17.5 Å². The Morgan fingerprint density at radius 2 is 1.88 bits per heavy atom. The van der Waals surface area contributed by atoms with E-state index in [9.17, 15) is 9.59 Å². The van der Waals surface area contributed by atoms with Crippen molar-refractivity contribution in [2.45, 2.75) is 24.9 Å². The Morgan fingerprint density at radius 1 is 1.12 bits per heavy atom. The molecule has 2 aliphatic rings. The number of methoxy groups -OCH3 is 3. The lowest BCUT2D eigenvalue weighted by molar-refractivity contribution is -0.153. The third-order valence-electron chi connectivity index (χ3n) is 4.22. The van der Waals surface area contributed by atoms with Crippen LogP contribution in [0.3, 0.4) is 0 Å². The maximum atomic E-state index is 12.2. The molecule has 0 aliphatic carbocycles. The number of hydrogen-bond acceptors (Lipinski definition) is 7. The van der Waals surface area contributed by atoms with E-state index < -0.39 is 11.5 Å². The Hall–Kier alpha value is -2.77. The van der Waals surface area contributed by atoms with E-state index in [-0.39, 0.29) is 18.7 Å². The van der Waals surface area contributed by atoms with Crippen molar-refractivity contribution < 1.29 is 28.6 Å². The minimum atomic E-state index is -1.14. The van der Waals surface area contributed by atoms with Crippen LogP contribution in [-0.2, 0) is 14.4 Å². The predicted molar refractivity (Wildman–Crippen MR) is 83.5 cm³/mol. The van der Waals surface area contributed by atoms with Crippen molar-refractivity contribution in [1.29, 1.82) is 0 Å². The number of nitrogens with zero attached hydrogens (tertiary/aromatic N) is 1. The number of oxime groups is 1. The molecule has 1 spiro atoms. The summed E-state index contributed by atoms with van der Waals surface area (Å²) in [6.07, 6.45) is 0.760. The molecule has 2 heterocycles.